The lowest BCUT2D eigenvalue weighted by molar-refractivity contribution is 0.965. The van der Waals surface area contributed by atoms with Crippen LogP contribution in [0.5, 0.6) is 0 Å². The van der Waals surface area contributed by atoms with Crippen LogP contribution in [0.15, 0.2) is 206 Å². The molecule has 4 heterocycles. The Morgan fingerprint density at radius 1 is 0.492 bits per heavy atom. The van der Waals surface area contributed by atoms with Crippen LogP contribution in [0.2, 0.25) is 0 Å². The van der Waals surface area contributed by atoms with Gasteiger partial charge in [-0.25, -0.2) is 9.97 Å². The second kappa shape index (κ2) is 14.2. The first-order chi connectivity index (χ1) is 29.2. The largest absolute Gasteiger partial charge is 0.309 e. The number of hydrogen-bond acceptors (Lipinski definition) is 3. The smallest absolute Gasteiger partial charge is 0.235 e. The number of rotatable bonds is 5. The van der Waals surface area contributed by atoms with Crippen LogP contribution in [0.25, 0.3) is 89.4 Å². The van der Waals surface area contributed by atoms with Crippen molar-refractivity contribution in [1.29, 1.82) is 0 Å². The van der Waals surface area contributed by atoms with Gasteiger partial charge >= 0.3 is 0 Å². The molecule has 0 amide bonds. The van der Waals surface area contributed by atoms with Gasteiger partial charge in [0.1, 0.15) is 0 Å². The molecule has 0 fully saturated rings. The van der Waals surface area contributed by atoms with Gasteiger partial charge in [0.2, 0.25) is 5.95 Å². The number of pyridine rings is 1. The Kier molecular flexibility index (Phi) is 8.30. The monoisotopic (exact) mass is 755 g/mol. The highest BCUT2D eigenvalue weighted by Gasteiger charge is 2.21. The van der Waals surface area contributed by atoms with Gasteiger partial charge in [0.25, 0.3) is 0 Å². The molecule has 0 aliphatic heterocycles. The highest BCUT2D eigenvalue weighted by atomic mass is 15.2. The standard InChI is InChI=1S/C54H37N5/c1-36-22-24-37(40-30-33-52-46(35-40)43-16-7-9-20-49(43)58(52)41-13-3-2-4-14-41)29-31-44-42-15-6-10-21-50(42)59(51(44)32-23-36)54-56-48-19-8-5-17-45(48)53(57-54)39-27-25-38(26-28-39)47-18-11-12-34-55-47/h2-30,32-35H,1,31H2/b24-22-,32-23?,37-29+. The van der Waals surface area contributed by atoms with Crippen molar-refractivity contribution in [2.45, 2.75) is 6.42 Å². The Labute approximate surface area is 341 Å². The van der Waals surface area contributed by atoms with E-state index in [9.17, 15) is 0 Å². The van der Waals surface area contributed by atoms with Gasteiger partial charge < -0.3 is 4.57 Å². The third kappa shape index (κ3) is 5.99. The summed E-state index contributed by atoms with van der Waals surface area (Å²) in [6.07, 6.45) is 13.5. The van der Waals surface area contributed by atoms with Crippen molar-refractivity contribution in [3.63, 3.8) is 0 Å². The summed E-state index contributed by atoms with van der Waals surface area (Å²) in [5.41, 5.74) is 14.8. The van der Waals surface area contributed by atoms with E-state index in [0.29, 0.717) is 12.4 Å². The van der Waals surface area contributed by atoms with Gasteiger partial charge in [0.05, 0.1) is 39.1 Å². The molecule has 10 aromatic rings. The van der Waals surface area contributed by atoms with Crippen LogP contribution in [0.1, 0.15) is 16.8 Å². The van der Waals surface area contributed by atoms with Crippen LogP contribution in [-0.2, 0) is 6.42 Å². The Hall–Kier alpha value is -7.89. The maximum Gasteiger partial charge on any atom is 0.235 e. The summed E-state index contributed by atoms with van der Waals surface area (Å²) in [6.45, 7) is 4.45. The third-order valence-corrected chi connectivity index (χ3v) is 11.4. The number of para-hydroxylation sites is 4. The van der Waals surface area contributed by atoms with Crippen LogP contribution in [0.4, 0.5) is 0 Å². The van der Waals surface area contributed by atoms with Crippen LogP contribution in [0.3, 0.4) is 0 Å². The van der Waals surface area contributed by atoms with E-state index in [1.54, 1.807) is 0 Å². The highest BCUT2D eigenvalue weighted by Crippen LogP contribution is 2.37. The minimum atomic E-state index is 0.622. The molecule has 0 atom stereocenters. The Morgan fingerprint density at radius 2 is 1.15 bits per heavy atom. The van der Waals surface area contributed by atoms with Crippen molar-refractivity contribution in [1.82, 2.24) is 24.1 Å². The van der Waals surface area contributed by atoms with Gasteiger partial charge in [-0.2, -0.15) is 0 Å². The first-order valence-electron chi connectivity index (χ1n) is 19.9. The Balaban J connectivity index is 1.06. The molecule has 0 radical (unpaired) electrons. The SMILES string of the molecule is C=C1C=Cc2c(c3ccccc3n2-c2nc(-c3ccc(-c4ccccn4)cc3)c3ccccc3n2)C/C=C(c2ccc3c(c2)c2ccccc2n3-c2ccccc2)\C=C/1. The molecule has 5 heteroatoms. The first-order valence-corrected chi connectivity index (χ1v) is 19.9. The maximum absolute atomic E-state index is 5.38. The molecule has 1 aliphatic rings. The van der Waals surface area contributed by atoms with Gasteiger partial charge in [-0.1, -0.05) is 140 Å². The summed E-state index contributed by atoms with van der Waals surface area (Å²) in [4.78, 5) is 15.2. The Bertz CT molecular complexity index is 3350. The van der Waals surface area contributed by atoms with Crippen LogP contribution < -0.4 is 0 Å². The quantitative estimate of drug-likeness (QED) is 0.176. The molecular weight excluding hydrogens is 719 g/mol. The van der Waals surface area contributed by atoms with Crippen molar-refractivity contribution >= 4 is 55.3 Å². The van der Waals surface area contributed by atoms with Crippen molar-refractivity contribution < 1.29 is 0 Å². The summed E-state index contributed by atoms with van der Waals surface area (Å²) in [5, 5.41) is 4.62. The molecule has 11 rings (SSSR count). The predicted octanol–water partition coefficient (Wildman–Crippen LogP) is 13.2. The van der Waals surface area contributed by atoms with E-state index >= 15 is 0 Å². The number of allylic oxidation sites excluding steroid dienone is 6. The van der Waals surface area contributed by atoms with E-state index in [0.717, 1.165) is 72.4 Å². The molecule has 6 aromatic carbocycles. The average Bonchev–Trinajstić information content (AvgIpc) is 3.80. The summed E-state index contributed by atoms with van der Waals surface area (Å²) in [6, 6.07) is 57.5. The lowest BCUT2D eigenvalue weighted by atomic mass is 9.97. The third-order valence-electron chi connectivity index (χ3n) is 11.4. The van der Waals surface area contributed by atoms with Gasteiger partial charge in [-0.3, -0.25) is 9.55 Å². The fraction of sp³-hybridized carbons (Fsp3) is 0.0185. The average molecular weight is 756 g/mol. The molecule has 4 aromatic heterocycles. The van der Waals surface area contributed by atoms with Gasteiger partial charge in [0, 0.05) is 44.6 Å². The zero-order valence-corrected chi connectivity index (χ0v) is 32.2. The van der Waals surface area contributed by atoms with Crippen LogP contribution in [0, 0.1) is 0 Å². The number of fused-ring (bicyclic) bond motifs is 7. The lowest BCUT2D eigenvalue weighted by Crippen LogP contribution is -2.06. The van der Waals surface area contributed by atoms with Crippen molar-refractivity contribution in [3.8, 4) is 34.2 Å². The maximum atomic E-state index is 5.38. The minimum Gasteiger partial charge on any atom is -0.309 e. The molecule has 0 saturated carbocycles. The normalized spacial score (nSPS) is 14.4. The molecule has 59 heavy (non-hydrogen) atoms. The van der Waals surface area contributed by atoms with E-state index in [2.05, 4.69) is 191 Å². The fourth-order valence-corrected chi connectivity index (χ4v) is 8.59. The Morgan fingerprint density at radius 3 is 1.97 bits per heavy atom. The molecule has 1 aliphatic carbocycles. The van der Waals surface area contributed by atoms with Gasteiger partial charge in [-0.15, -0.1) is 0 Å². The second-order valence-corrected chi connectivity index (χ2v) is 14.9. The number of nitrogens with zero attached hydrogens (tertiary/aromatic N) is 5. The lowest BCUT2D eigenvalue weighted by Gasteiger charge is -2.13. The van der Waals surface area contributed by atoms with E-state index in [1.807, 2.05) is 30.5 Å². The van der Waals surface area contributed by atoms with Crippen molar-refractivity contribution in [2.75, 3.05) is 0 Å². The highest BCUT2D eigenvalue weighted by molar-refractivity contribution is 6.10. The minimum absolute atomic E-state index is 0.622. The molecule has 0 N–H and O–H groups in total. The fourth-order valence-electron chi connectivity index (χ4n) is 8.59. The summed E-state index contributed by atoms with van der Waals surface area (Å²) in [5.74, 6) is 0.622. The molecule has 278 valence electrons. The molecule has 5 nitrogen and oxygen atoms in total. The van der Waals surface area contributed by atoms with Gasteiger partial charge in [-0.05, 0) is 89.4 Å². The second-order valence-electron chi connectivity index (χ2n) is 14.9. The zero-order valence-electron chi connectivity index (χ0n) is 32.2. The topological polar surface area (TPSA) is 48.5 Å². The molecule has 0 saturated heterocycles. The zero-order chi connectivity index (χ0) is 39.3. The number of benzene rings is 6. The molecule has 0 spiro atoms. The van der Waals surface area contributed by atoms with E-state index in [1.165, 1.54) is 27.4 Å². The van der Waals surface area contributed by atoms with Crippen LogP contribution >= 0.6 is 0 Å². The molecule has 0 bridgehead atoms. The summed E-state index contributed by atoms with van der Waals surface area (Å²) < 4.78 is 4.58. The molecule has 0 unspecified atom stereocenters. The first kappa shape index (κ1) is 34.4. The van der Waals surface area contributed by atoms with Crippen LogP contribution in [-0.4, -0.2) is 24.1 Å². The van der Waals surface area contributed by atoms with E-state index in [-0.39, 0.29) is 0 Å². The van der Waals surface area contributed by atoms with E-state index < -0.39 is 0 Å². The number of aromatic nitrogens is 5. The van der Waals surface area contributed by atoms with Crippen molar-refractivity contribution in [3.05, 3.63) is 223 Å². The number of hydrogen-bond donors (Lipinski definition) is 0. The summed E-state index contributed by atoms with van der Waals surface area (Å²) >= 11 is 0. The predicted molar refractivity (Wildman–Crippen MR) is 245 cm³/mol. The molecular formula is C54H37N5. The van der Waals surface area contributed by atoms with Crippen molar-refractivity contribution in [2.24, 2.45) is 0 Å². The van der Waals surface area contributed by atoms with Gasteiger partial charge in [0.15, 0.2) is 0 Å². The van der Waals surface area contributed by atoms with E-state index in [4.69, 9.17) is 9.97 Å². The summed E-state index contributed by atoms with van der Waals surface area (Å²) in [7, 11) is 0.